The van der Waals surface area contributed by atoms with Gasteiger partial charge in [-0.3, -0.25) is 19.1 Å². The topological polar surface area (TPSA) is 101 Å². The molecule has 9 heteroatoms. The van der Waals surface area contributed by atoms with Crippen LogP contribution in [0.5, 0.6) is 0 Å². The van der Waals surface area contributed by atoms with E-state index in [1.807, 2.05) is 30.3 Å². The van der Waals surface area contributed by atoms with Crippen LogP contribution in [-0.2, 0) is 11.3 Å². The van der Waals surface area contributed by atoms with Crippen LogP contribution in [0.2, 0.25) is 10.0 Å². The maximum atomic E-state index is 12.6. The first-order valence-corrected chi connectivity index (χ1v) is 9.61. The summed E-state index contributed by atoms with van der Waals surface area (Å²) in [4.78, 5) is 40.6. The van der Waals surface area contributed by atoms with Gasteiger partial charge in [0.15, 0.2) is 5.69 Å². The molecule has 0 saturated carbocycles. The summed E-state index contributed by atoms with van der Waals surface area (Å²) in [7, 11) is 1.39. The number of aromatic nitrogens is 2. The van der Waals surface area contributed by atoms with E-state index in [1.54, 1.807) is 18.2 Å². The van der Waals surface area contributed by atoms with Crippen molar-refractivity contribution in [2.75, 3.05) is 17.7 Å². The number of H-pyrrole nitrogens is 1. The fourth-order valence-corrected chi connectivity index (χ4v) is 3.21. The second kappa shape index (κ2) is 9.02. The van der Waals surface area contributed by atoms with E-state index in [2.05, 4.69) is 4.98 Å². The summed E-state index contributed by atoms with van der Waals surface area (Å²) in [6.45, 7) is 0.144. The Bertz CT molecular complexity index is 1230. The van der Waals surface area contributed by atoms with E-state index in [4.69, 9.17) is 28.9 Å². The van der Waals surface area contributed by atoms with E-state index in [0.29, 0.717) is 15.6 Å². The zero-order valence-corrected chi connectivity index (χ0v) is 17.4. The lowest BCUT2D eigenvalue weighted by Gasteiger charge is -2.19. The lowest BCUT2D eigenvalue weighted by Crippen LogP contribution is -2.39. The largest absolute Gasteiger partial charge is 0.383 e. The monoisotopic (exact) mass is 444 g/mol. The van der Waals surface area contributed by atoms with Crippen LogP contribution in [0, 0.1) is 0 Å². The molecule has 154 valence electrons. The summed E-state index contributed by atoms with van der Waals surface area (Å²) < 4.78 is 1.20. The molecule has 0 aliphatic heterocycles. The van der Waals surface area contributed by atoms with E-state index < -0.39 is 17.2 Å². The van der Waals surface area contributed by atoms with Crippen molar-refractivity contribution in [2.45, 2.75) is 6.54 Å². The van der Waals surface area contributed by atoms with Crippen molar-refractivity contribution in [3.8, 4) is 0 Å². The fourth-order valence-electron chi connectivity index (χ4n) is 2.85. The van der Waals surface area contributed by atoms with Gasteiger partial charge in [-0.15, -0.1) is 0 Å². The summed E-state index contributed by atoms with van der Waals surface area (Å²) in [5.41, 5.74) is 5.92. The number of amides is 1. The smallest absolute Gasteiger partial charge is 0.330 e. The van der Waals surface area contributed by atoms with E-state index in [-0.39, 0.29) is 18.1 Å². The number of nitrogens with two attached hydrogens (primary N) is 1. The Morgan fingerprint density at radius 3 is 2.57 bits per heavy atom. The van der Waals surface area contributed by atoms with Gasteiger partial charge in [0, 0.05) is 23.2 Å². The highest BCUT2D eigenvalue weighted by Gasteiger charge is 2.19. The Morgan fingerprint density at radius 2 is 1.87 bits per heavy atom. The van der Waals surface area contributed by atoms with Crippen molar-refractivity contribution in [3.05, 3.63) is 96.6 Å². The Morgan fingerprint density at radius 1 is 1.17 bits per heavy atom. The van der Waals surface area contributed by atoms with Gasteiger partial charge in [-0.2, -0.15) is 0 Å². The third-order valence-electron chi connectivity index (χ3n) is 4.43. The zero-order chi connectivity index (χ0) is 21.8. The minimum absolute atomic E-state index is 0.113. The number of nitrogens with one attached hydrogen (secondary N) is 1. The number of hydrogen-bond donors (Lipinski definition) is 2. The molecule has 30 heavy (non-hydrogen) atoms. The Kier molecular flexibility index (Phi) is 6.44. The molecule has 1 aromatic heterocycles. The molecule has 0 fully saturated rings. The minimum atomic E-state index is -0.758. The quantitative estimate of drug-likeness (QED) is 0.590. The van der Waals surface area contributed by atoms with E-state index in [1.165, 1.54) is 23.8 Å². The van der Waals surface area contributed by atoms with Crippen molar-refractivity contribution >= 4 is 46.7 Å². The molecule has 7 nitrogen and oxygen atoms in total. The Hall–Kier alpha value is -3.29. The maximum absolute atomic E-state index is 12.6. The van der Waals surface area contributed by atoms with Crippen LogP contribution < -0.4 is 21.9 Å². The number of rotatable bonds is 5. The number of halogens is 2. The molecule has 0 radical (unpaired) electrons. The van der Waals surface area contributed by atoms with E-state index in [0.717, 1.165) is 10.5 Å². The molecular weight excluding hydrogens is 427 g/mol. The number of hydrogen-bond acceptors (Lipinski definition) is 4. The molecule has 0 unspecified atom stereocenters. The molecule has 3 rings (SSSR count). The number of nitrogen functional groups attached to an aromatic ring is 1. The average molecular weight is 445 g/mol. The van der Waals surface area contributed by atoms with E-state index in [9.17, 15) is 14.4 Å². The first kappa shape index (κ1) is 21.4. The summed E-state index contributed by atoms with van der Waals surface area (Å²) in [6.07, 6.45) is 2.72. The number of likely N-dealkylation sites (N-methyl/N-ethyl adjacent to an activating group) is 1. The van der Waals surface area contributed by atoms with Crippen molar-refractivity contribution in [1.82, 2.24) is 9.55 Å². The average Bonchev–Trinajstić information content (AvgIpc) is 2.72. The molecule has 0 bridgehead atoms. The van der Waals surface area contributed by atoms with Gasteiger partial charge in [-0.1, -0.05) is 53.5 Å². The van der Waals surface area contributed by atoms with Crippen molar-refractivity contribution in [3.63, 3.8) is 0 Å². The Labute approximate surface area is 182 Å². The van der Waals surface area contributed by atoms with Gasteiger partial charge in [0.1, 0.15) is 5.82 Å². The molecule has 3 N–H and O–H groups in total. The molecule has 0 saturated heterocycles. The number of nitrogens with zero attached hydrogens (tertiary/aromatic N) is 2. The lowest BCUT2D eigenvalue weighted by molar-refractivity contribution is -0.113. The summed E-state index contributed by atoms with van der Waals surface area (Å²) in [5.74, 6) is -0.647. The SMILES string of the molecule is CN(C(=O)/C=C/c1cc(Cl)ccc1Cl)c1c(N)n(Cc2ccccc2)c(=O)[nH]c1=O. The van der Waals surface area contributed by atoms with Crippen molar-refractivity contribution in [2.24, 2.45) is 0 Å². The van der Waals surface area contributed by atoms with Gasteiger partial charge in [-0.25, -0.2) is 4.79 Å². The van der Waals surface area contributed by atoms with Crippen LogP contribution in [0.4, 0.5) is 11.5 Å². The van der Waals surface area contributed by atoms with Gasteiger partial charge < -0.3 is 10.6 Å². The molecule has 2 aromatic carbocycles. The number of carbonyl (C=O) groups excluding carboxylic acids is 1. The number of anilines is 2. The molecule has 0 atom stereocenters. The second-order valence-corrected chi connectivity index (χ2v) is 7.30. The van der Waals surface area contributed by atoms with Crippen LogP contribution >= 0.6 is 23.2 Å². The summed E-state index contributed by atoms with van der Waals surface area (Å²) in [6, 6.07) is 14.0. The molecule has 3 aromatic rings. The van der Waals surface area contributed by atoms with Crippen LogP contribution in [-0.4, -0.2) is 22.5 Å². The van der Waals surface area contributed by atoms with Crippen LogP contribution in [0.3, 0.4) is 0 Å². The van der Waals surface area contributed by atoms with Crippen LogP contribution in [0.1, 0.15) is 11.1 Å². The molecule has 0 spiro atoms. The zero-order valence-electron chi connectivity index (χ0n) is 15.9. The summed E-state index contributed by atoms with van der Waals surface area (Å²) >= 11 is 12.0. The number of carbonyl (C=O) groups is 1. The standard InChI is InChI=1S/C21H18Cl2N4O3/c1-26(17(28)10-7-14-11-15(22)8-9-16(14)23)18-19(24)27(21(30)25-20(18)29)12-13-5-3-2-4-6-13/h2-11H,12,24H2,1H3,(H,25,29,30)/b10-7+. The van der Waals surface area contributed by atoms with Crippen LogP contribution in [0.15, 0.2) is 64.2 Å². The van der Waals surface area contributed by atoms with Crippen molar-refractivity contribution in [1.29, 1.82) is 0 Å². The second-order valence-electron chi connectivity index (χ2n) is 6.46. The molecule has 0 aliphatic carbocycles. The molecular formula is C21H18Cl2N4O3. The van der Waals surface area contributed by atoms with Gasteiger partial charge in [0.25, 0.3) is 11.5 Å². The molecule has 1 heterocycles. The highest BCUT2D eigenvalue weighted by molar-refractivity contribution is 6.34. The highest BCUT2D eigenvalue weighted by Crippen LogP contribution is 2.22. The lowest BCUT2D eigenvalue weighted by atomic mass is 10.2. The van der Waals surface area contributed by atoms with Crippen LogP contribution in [0.25, 0.3) is 6.08 Å². The number of benzene rings is 2. The third-order valence-corrected chi connectivity index (χ3v) is 5.01. The predicted molar refractivity (Wildman–Crippen MR) is 120 cm³/mol. The van der Waals surface area contributed by atoms with E-state index >= 15 is 0 Å². The molecule has 1 amide bonds. The Balaban J connectivity index is 1.94. The van der Waals surface area contributed by atoms with Gasteiger partial charge >= 0.3 is 5.69 Å². The first-order chi connectivity index (χ1) is 14.3. The minimum Gasteiger partial charge on any atom is -0.383 e. The van der Waals surface area contributed by atoms with Gasteiger partial charge in [-0.05, 0) is 35.4 Å². The highest BCUT2D eigenvalue weighted by atomic mass is 35.5. The van der Waals surface area contributed by atoms with Crippen molar-refractivity contribution < 1.29 is 4.79 Å². The normalized spacial score (nSPS) is 11.0. The third kappa shape index (κ3) is 4.64. The predicted octanol–water partition coefficient (Wildman–Crippen LogP) is 3.15. The van der Waals surface area contributed by atoms with Gasteiger partial charge in [0.05, 0.1) is 6.54 Å². The summed E-state index contributed by atoms with van der Waals surface area (Å²) in [5, 5.41) is 0.883. The maximum Gasteiger partial charge on any atom is 0.330 e. The fraction of sp³-hybridized carbons (Fsp3) is 0.0952. The number of aromatic amines is 1. The van der Waals surface area contributed by atoms with Gasteiger partial charge in [0.2, 0.25) is 0 Å². The first-order valence-electron chi connectivity index (χ1n) is 8.85. The molecule has 0 aliphatic rings.